The molecule has 110 valence electrons. The van der Waals surface area contributed by atoms with Crippen LogP contribution in [-0.4, -0.2) is 22.4 Å². The Morgan fingerprint density at radius 2 is 1.85 bits per heavy atom. The van der Waals surface area contributed by atoms with Crippen molar-refractivity contribution in [1.29, 1.82) is 0 Å². The van der Waals surface area contributed by atoms with E-state index in [0.717, 1.165) is 31.1 Å². The number of fused-ring (bicyclic) bond motifs is 1. The maximum absolute atomic E-state index is 6.27. The van der Waals surface area contributed by atoms with Crippen molar-refractivity contribution in [2.75, 3.05) is 17.7 Å². The van der Waals surface area contributed by atoms with E-state index in [1.54, 1.807) is 6.33 Å². The van der Waals surface area contributed by atoms with Gasteiger partial charge in [-0.05, 0) is 38.5 Å². The molecule has 4 heteroatoms. The number of aryl methyl sites for hydroxylation is 1. The number of anilines is 1. The van der Waals surface area contributed by atoms with Gasteiger partial charge in [-0.25, -0.2) is 9.97 Å². The van der Waals surface area contributed by atoms with Crippen LogP contribution in [0.25, 0.3) is 0 Å². The average molecular weight is 294 g/mol. The van der Waals surface area contributed by atoms with Crippen LogP contribution in [-0.2, 0) is 12.8 Å². The van der Waals surface area contributed by atoms with Crippen molar-refractivity contribution >= 4 is 17.4 Å². The monoisotopic (exact) mass is 293 g/mol. The number of hydrogen-bond donors (Lipinski definition) is 1. The molecule has 1 aromatic rings. The Balaban J connectivity index is 1.71. The highest BCUT2D eigenvalue weighted by molar-refractivity contribution is 6.18. The Labute approximate surface area is 126 Å². The molecular formula is C16H24ClN3. The zero-order valence-electron chi connectivity index (χ0n) is 12.1. The Bertz CT molecular complexity index is 455. The number of halogens is 1. The van der Waals surface area contributed by atoms with E-state index in [1.807, 2.05) is 0 Å². The van der Waals surface area contributed by atoms with E-state index in [4.69, 9.17) is 11.6 Å². The third kappa shape index (κ3) is 2.93. The zero-order chi connectivity index (χ0) is 13.8. The molecule has 0 radical (unpaired) electrons. The van der Waals surface area contributed by atoms with Crippen LogP contribution < -0.4 is 5.32 Å². The third-order valence-electron chi connectivity index (χ3n) is 4.95. The quantitative estimate of drug-likeness (QED) is 0.854. The number of aromatic nitrogens is 2. The Morgan fingerprint density at radius 3 is 2.65 bits per heavy atom. The van der Waals surface area contributed by atoms with E-state index in [-0.39, 0.29) is 5.41 Å². The summed E-state index contributed by atoms with van der Waals surface area (Å²) in [6, 6.07) is 0. The molecule has 3 rings (SSSR count). The molecule has 0 bridgehead atoms. The van der Waals surface area contributed by atoms with Gasteiger partial charge in [-0.2, -0.15) is 0 Å². The van der Waals surface area contributed by atoms with Crippen molar-refractivity contribution in [2.45, 2.75) is 57.8 Å². The highest BCUT2D eigenvalue weighted by atomic mass is 35.5. The van der Waals surface area contributed by atoms with Crippen LogP contribution in [0.15, 0.2) is 6.33 Å². The smallest absolute Gasteiger partial charge is 0.132 e. The normalized spacial score (nSPS) is 21.2. The van der Waals surface area contributed by atoms with Gasteiger partial charge in [0.05, 0.1) is 0 Å². The number of hydrogen-bond acceptors (Lipinski definition) is 3. The first-order valence-electron chi connectivity index (χ1n) is 7.96. The number of nitrogens with one attached hydrogen (secondary N) is 1. The van der Waals surface area contributed by atoms with Gasteiger partial charge >= 0.3 is 0 Å². The van der Waals surface area contributed by atoms with Gasteiger partial charge in [0, 0.05) is 29.1 Å². The predicted molar refractivity (Wildman–Crippen MR) is 83.4 cm³/mol. The minimum atomic E-state index is 0.270. The van der Waals surface area contributed by atoms with E-state index in [1.165, 1.54) is 56.2 Å². The van der Waals surface area contributed by atoms with Crippen molar-refractivity contribution in [3.05, 3.63) is 17.6 Å². The molecular weight excluding hydrogens is 270 g/mol. The van der Waals surface area contributed by atoms with Gasteiger partial charge in [0.15, 0.2) is 0 Å². The molecule has 2 aliphatic rings. The van der Waals surface area contributed by atoms with E-state index in [9.17, 15) is 0 Å². The van der Waals surface area contributed by atoms with Crippen molar-refractivity contribution in [2.24, 2.45) is 5.41 Å². The summed E-state index contributed by atoms with van der Waals surface area (Å²) in [6.07, 6.45) is 12.9. The lowest BCUT2D eigenvalue weighted by atomic mass is 9.75. The van der Waals surface area contributed by atoms with Crippen LogP contribution in [0.1, 0.15) is 56.2 Å². The molecule has 1 saturated carbocycles. The van der Waals surface area contributed by atoms with Crippen LogP contribution in [0.3, 0.4) is 0 Å². The molecule has 0 unspecified atom stereocenters. The minimum absolute atomic E-state index is 0.270. The Hall–Kier alpha value is -0.830. The second-order valence-corrected chi connectivity index (χ2v) is 6.67. The molecule has 0 saturated heterocycles. The molecule has 20 heavy (non-hydrogen) atoms. The van der Waals surface area contributed by atoms with Gasteiger partial charge in [0.25, 0.3) is 0 Å². The summed E-state index contributed by atoms with van der Waals surface area (Å²) in [6.45, 7) is 0.958. The minimum Gasteiger partial charge on any atom is -0.369 e. The van der Waals surface area contributed by atoms with Gasteiger partial charge in [-0.1, -0.05) is 19.3 Å². The highest BCUT2D eigenvalue weighted by Gasteiger charge is 2.31. The second-order valence-electron chi connectivity index (χ2n) is 6.40. The summed E-state index contributed by atoms with van der Waals surface area (Å²) in [5.41, 5.74) is 2.86. The van der Waals surface area contributed by atoms with E-state index in [2.05, 4.69) is 15.3 Å². The molecule has 0 amide bonds. The van der Waals surface area contributed by atoms with Crippen LogP contribution >= 0.6 is 11.6 Å². The van der Waals surface area contributed by atoms with Gasteiger partial charge in [-0.3, -0.25) is 0 Å². The molecule has 2 aliphatic carbocycles. The Kier molecular flexibility index (Phi) is 4.45. The van der Waals surface area contributed by atoms with Crippen LogP contribution in [0.2, 0.25) is 0 Å². The molecule has 1 N–H and O–H groups in total. The van der Waals surface area contributed by atoms with Gasteiger partial charge < -0.3 is 5.32 Å². The lowest BCUT2D eigenvalue weighted by Gasteiger charge is -2.36. The molecule has 0 aromatic carbocycles. The standard InChI is InChI=1S/C16H24ClN3/c17-10-16(8-4-1-5-9-16)11-18-15-13-6-2-3-7-14(13)19-12-20-15/h12H,1-11H2,(H,18,19,20). The van der Waals surface area contributed by atoms with Crippen LogP contribution in [0.4, 0.5) is 5.82 Å². The van der Waals surface area contributed by atoms with Crippen molar-refractivity contribution < 1.29 is 0 Å². The molecule has 0 spiro atoms. The first-order valence-corrected chi connectivity index (χ1v) is 8.49. The first-order chi connectivity index (χ1) is 9.83. The number of alkyl halides is 1. The van der Waals surface area contributed by atoms with Crippen molar-refractivity contribution in [3.8, 4) is 0 Å². The number of nitrogens with zero attached hydrogens (tertiary/aromatic N) is 2. The van der Waals surface area contributed by atoms with Crippen LogP contribution in [0.5, 0.6) is 0 Å². The molecule has 1 aromatic heterocycles. The SMILES string of the molecule is ClCC1(CNc2ncnc3c2CCCC3)CCCCC1. The Morgan fingerprint density at radius 1 is 1.05 bits per heavy atom. The summed E-state index contributed by atoms with van der Waals surface area (Å²) >= 11 is 6.27. The molecule has 3 nitrogen and oxygen atoms in total. The molecule has 0 aliphatic heterocycles. The third-order valence-corrected chi connectivity index (χ3v) is 5.52. The summed E-state index contributed by atoms with van der Waals surface area (Å²) < 4.78 is 0. The fourth-order valence-corrected chi connectivity index (χ4v) is 3.97. The van der Waals surface area contributed by atoms with E-state index >= 15 is 0 Å². The summed E-state index contributed by atoms with van der Waals surface area (Å²) in [4.78, 5) is 8.91. The largest absolute Gasteiger partial charge is 0.369 e. The van der Waals surface area contributed by atoms with Gasteiger partial charge in [0.2, 0.25) is 0 Å². The zero-order valence-corrected chi connectivity index (χ0v) is 12.9. The lowest BCUT2D eigenvalue weighted by Crippen LogP contribution is -2.34. The van der Waals surface area contributed by atoms with Crippen LogP contribution in [0, 0.1) is 5.41 Å². The molecule has 1 fully saturated rings. The second kappa shape index (κ2) is 6.30. The average Bonchev–Trinajstić information content (AvgIpc) is 2.54. The fraction of sp³-hybridized carbons (Fsp3) is 0.750. The summed E-state index contributed by atoms with van der Waals surface area (Å²) in [7, 11) is 0. The number of rotatable bonds is 4. The van der Waals surface area contributed by atoms with Crippen molar-refractivity contribution in [3.63, 3.8) is 0 Å². The lowest BCUT2D eigenvalue weighted by molar-refractivity contribution is 0.238. The topological polar surface area (TPSA) is 37.8 Å². The first kappa shape index (κ1) is 14.1. The van der Waals surface area contributed by atoms with E-state index in [0.29, 0.717) is 0 Å². The van der Waals surface area contributed by atoms with Crippen molar-refractivity contribution in [1.82, 2.24) is 9.97 Å². The summed E-state index contributed by atoms with van der Waals surface area (Å²) in [5.74, 6) is 1.82. The van der Waals surface area contributed by atoms with Gasteiger partial charge in [0.1, 0.15) is 12.1 Å². The maximum Gasteiger partial charge on any atom is 0.132 e. The van der Waals surface area contributed by atoms with E-state index < -0.39 is 0 Å². The molecule has 1 heterocycles. The fourth-order valence-electron chi connectivity index (χ4n) is 3.60. The predicted octanol–water partition coefficient (Wildman–Crippen LogP) is 3.96. The highest BCUT2D eigenvalue weighted by Crippen LogP contribution is 2.37. The maximum atomic E-state index is 6.27. The summed E-state index contributed by atoms with van der Waals surface area (Å²) in [5, 5.41) is 3.60. The van der Waals surface area contributed by atoms with Gasteiger partial charge in [-0.15, -0.1) is 11.6 Å². The molecule has 0 atom stereocenters.